The van der Waals surface area contributed by atoms with E-state index in [0.717, 1.165) is 0 Å². The molecular weight excluding hydrogens is 124 g/mol. The van der Waals surface area contributed by atoms with Gasteiger partial charge in [-0.05, 0) is 13.8 Å². The van der Waals surface area contributed by atoms with Crippen molar-refractivity contribution in [2.24, 2.45) is 5.41 Å². The van der Waals surface area contributed by atoms with Crippen molar-refractivity contribution in [2.45, 2.75) is 40.2 Å². The van der Waals surface area contributed by atoms with E-state index in [4.69, 9.17) is 0 Å². The van der Waals surface area contributed by atoms with E-state index in [1.165, 1.54) is 0 Å². The van der Waals surface area contributed by atoms with Gasteiger partial charge in [0, 0.05) is 5.41 Å². The van der Waals surface area contributed by atoms with E-state index in [1.807, 2.05) is 20.8 Å². The lowest BCUT2D eigenvalue weighted by Gasteiger charge is -2.32. The van der Waals surface area contributed by atoms with Crippen molar-refractivity contribution in [3.63, 3.8) is 0 Å². The van der Waals surface area contributed by atoms with Gasteiger partial charge in [0.15, 0.2) is 0 Å². The lowest BCUT2D eigenvalue weighted by Crippen LogP contribution is -2.38. The highest BCUT2D eigenvalue weighted by Crippen LogP contribution is 2.28. The molecule has 0 saturated carbocycles. The van der Waals surface area contributed by atoms with Crippen molar-refractivity contribution >= 4 is 0 Å². The third-order valence-corrected chi connectivity index (χ3v) is 1.83. The van der Waals surface area contributed by atoms with Crippen LogP contribution >= 0.6 is 0 Å². The highest BCUT2D eigenvalue weighted by atomic mass is 16.3. The number of aliphatic hydroxyl groups is 1. The predicted octanol–water partition coefficient (Wildman–Crippen LogP) is 1.81. The Morgan fingerprint density at radius 3 is 1.60 bits per heavy atom. The molecule has 0 heterocycles. The van der Waals surface area contributed by atoms with Crippen LogP contribution in [0.25, 0.3) is 0 Å². The van der Waals surface area contributed by atoms with Crippen LogP contribution in [0.1, 0.15) is 34.6 Å². The molecule has 10 heavy (non-hydrogen) atoms. The molecule has 0 aromatic heterocycles. The molecule has 0 saturated heterocycles. The molecule has 0 aliphatic heterocycles. The summed E-state index contributed by atoms with van der Waals surface area (Å²) in [4.78, 5) is 0. The van der Waals surface area contributed by atoms with E-state index in [9.17, 15) is 5.11 Å². The van der Waals surface area contributed by atoms with Gasteiger partial charge >= 0.3 is 0 Å². The maximum Gasteiger partial charge on any atom is 0.127 e. The third-order valence-electron chi connectivity index (χ3n) is 1.83. The highest BCUT2D eigenvalue weighted by Gasteiger charge is 2.32. The summed E-state index contributed by atoms with van der Waals surface area (Å²) >= 11 is 0. The fourth-order valence-corrected chi connectivity index (χ4v) is 0.431. The van der Waals surface area contributed by atoms with Gasteiger partial charge in [-0.3, -0.25) is 0 Å². The Bertz CT molecular complexity index is 161. The van der Waals surface area contributed by atoms with E-state index in [-0.39, 0.29) is 5.41 Å². The van der Waals surface area contributed by atoms with Gasteiger partial charge in [-0.15, -0.1) is 5.92 Å². The van der Waals surface area contributed by atoms with E-state index in [2.05, 4.69) is 11.8 Å². The van der Waals surface area contributed by atoms with Gasteiger partial charge in [0.25, 0.3) is 0 Å². The molecule has 0 unspecified atom stereocenters. The van der Waals surface area contributed by atoms with Crippen LogP contribution in [-0.4, -0.2) is 10.7 Å². The molecule has 0 aliphatic rings. The van der Waals surface area contributed by atoms with Crippen LogP contribution in [0.5, 0.6) is 0 Å². The van der Waals surface area contributed by atoms with Crippen molar-refractivity contribution in [3.8, 4) is 11.8 Å². The monoisotopic (exact) mass is 140 g/mol. The lowest BCUT2D eigenvalue weighted by molar-refractivity contribution is 0.0128. The molecule has 0 radical (unpaired) electrons. The molecule has 1 atom stereocenters. The van der Waals surface area contributed by atoms with Crippen LogP contribution < -0.4 is 0 Å². The summed E-state index contributed by atoms with van der Waals surface area (Å²) in [5.74, 6) is 5.48. The number of hydrogen-bond donors (Lipinski definition) is 1. The Morgan fingerprint density at radius 1 is 1.10 bits per heavy atom. The molecule has 1 heteroatoms. The quantitative estimate of drug-likeness (QED) is 0.509. The highest BCUT2D eigenvalue weighted by molar-refractivity contribution is 5.14. The van der Waals surface area contributed by atoms with Crippen LogP contribution in [0.3, 0.4) is 0 Å². The van der Waals surface area contributed by atoms with Crippen molar-refractivity contribution in [1.82, 2.24) is 0 Å². The van der Waals surface area contributed by atoms with Gasteiger partial charge in [0.2, 0.25) is 0 Å². The van der Waals surface area contributed by atoms with Crippen molar-refractivity contribution in [3.05, 3.63) is 0 Å². The zero-order valence-corrected chi connectivity index (χ0v) is 7.45. The largest absolute Gasteiger partial charge is 0.377 e. The fraction of sp³-hybridized carbons (Fsp3) is 0.778. The van der Waals surface area contributed by atoms with Crippen LogP contribution in [0.15, 0.2) is 0 Å². The summed E-state index contributed by atoms with van der Waals surface area (Å²) in [6.07, 6.45) is 0. The third kappa shape index (κ3) is 2.04. The number of hydrogen-bond acceptors (Lipinski definition) is 1. The summed E-state index contributed by atoms with van der Waals surface area (Å²) in [6, 6.07) is 0. The number of rotatable bonds is 0. The van der Waals surface area contributed by atoms with Gasteiger partial charge in [-0.2, -0.15) is 0 Å². The molecule has 0 aromatic carbocycles. The second-order valence-electron chi connectivity index (χ2n) is 3.70. The van der Waals surface area contributed by atoms with E-state index in [0.29, 0.717) is 0 Å². The van der Waals surface area contributed by atoms with Crippen LogP contribution in [0.4, 0.5) is 0 Å². The first kappa shape index (κ1) is 9.52. The van der Waals surface area contributed by atoms with Gasteiger partial charge in [0.1, 0.15) is 5.60 Å². The molecule has 0 bridgehead atoms. The summed E-state index contributed by atoms with van der Waals surface area (Å²) in [5, 5.41) is 9.68. The second kappa shape index (κ2) is 2.64. The van der Waals surface area contributed by atoms with Gasteiger partial charge in [-0.25, -0.2) is 0 Å². The van der Waals surface area contributed by atoms with Gasteiger partial charge in [0.05, 0.1) is 0 Å². The lowest BCUT2D eigenvalue weighted by atomic mass is 9.78. The molecule has 1 N–H and O–H groups in total. The Labute approximate surface area is 63.5 Å². The first-order chi connectivity index (χ1) is 4.31. The normalized spacial score (nSPS) is 17.0. The second-order valence-corrected chi connectivity index (χ2v) is 3.70. The zero-order valence-electron chi connectivity index (χ0n) is 7.45. The molecule has 0 amide bonds. The maximum absolute atomic E-state index is 9.68. The van der Waals surface area contributed by atoms with Crippen LogP contribution in [-0.2, 0) is 0 Å². The Hall–Kier alpha value is -0.480. The predicted molar refractivity (Wildman–Crippen MR) is 43.5 cm³/mol. The molecule has 0 spiro atoms. The molecule has 1 nitrogen and oxygen atoms in total. The van der Waals surface area contributed by atoms with Gasteiger partial charge in [-0.1, -0.05) is 26.7 Å². The first-order valence-electron chi connectivity index (χ1n) is 3.47. The molecule has 0 fully saturated rings. The molecule has 0 aromatic rings. The van der Waals surface area contributed by atoms with E-state index in [1.54, 1.807) is 13.8 Å². The summed E-state index contributed by atoms with van der Waals surface area (Å²) < 4.78 is 0. The van der Waals surface area contributed by atoms with Crippen LogP contribution in [0.2, 0.25) is 0 Å². The van der Waals surface area contributed by atoms with E-state index < -0.39 is 5.60 Å². The van der Waals surface area contributed by atoms with Gasteiger partial charge < -0.3 is 5.11 Å². The molecule has 0 aliphatic carbocycles. The van der Waals surface area contributed by atoms with Crippen LogP contribution in [0, 0.1) is 17.3 Å². The minimum atomic E-state index is -0.873. The molecule has 0 rings (SSSR count). The fourth-order valence-electron chi connectivity index (χ4n) is 0.431. The van der Waals surface area contributed by atoms with E-state index >= 15 is 0 Å². The first-order valence-corrected chi connectivity index (χ1v) is 3.47. The van der Waals surface area contributed by atoms with Crippen molar-refractivity contribution in [1.29, 1.82) is 0 Å². The Kier molecular flexibility index (Phi) is 2.51. The minimum absolute atomic E-state index is 0.171. The summed E-state index contributed by atoms with van der Waals surface area (Å²) in [5.41, 5.74) is -1.04. The minimum Gasteiger partial charge on any atom is -0.377 e. The average molecular weight is 140 g/mol. The smallest absolute Gasteiger partial charge is 0.127 e. The summed E-state index contributed by atoms with van der Waals surface area (Å²) in [7, 11) is 0. The Balaban J connectivity index is 4.51. The van der Waals surface area contributed by atoms with Crippen molar-refractivity contribution < 1.29 is 5.11 Å². The molecule has 58 valence electrons. The SMILES string of the molecule is CC#C[C@](C)(O)C(C)(C)C. The topological polar surface area (TPSA) is 20.2 Å². The van der Waals surface area contributed by atoms with Crippen molar-refractivity contribution in [2.75, 3.05) is 0 Å². The summed E-state index contributed by atoms with van der Waals surface area (Å²) in [6.45, 7) is 9.38. The zero-order chi connectivity index (χ0) is 8.41. The standard InChI is InChI=1S/C9H16O/c1-6-7-9(5,10)8(2,3)4/h10H,1-5H3/t9-/m0/s1. The molecular formula is C9H16O. The average Bonchev–Trinajstić information content (AvgIpc) is 1.61. The maximum atomic E-state index is 9.68. The Morgan fingerprint density at radius 2 is 1.50 bits per heavy atom.